The summed E-state index contributed by atoms with van der Waals surface area (Å²) in [5.41, 5.74) is 0. The van der Waals surface area contributed by atoms with Crippen LogP contribution < -0.4 is 18.9 Å². The second-order valence-electron chi connectivity index (χ2n) is 2.32. The molecular weight excluding hydrogens is 135 g/mol. The average molecular weight is 152 g/mol. The Kier molecular flexibility index (Phi) is 12.5. The van der Waals surface area contributed by atoms with Gasteiger partial charge < -0.3 is 6.16 Å². The molecule has 0 aliphatic carbocycles. The molecule has 0 heterocycles. The smallest absolute Gasteiger partial charge is 1.00 e. The number of esters is 1. The van der Waals surface area contributed by atoms with Crippen LogP contribution in [0.1, 0.15) is 41.0 Å². The Morgan fingerprint density at radius 2 is 2.00 bits per heavy atom. The van der Waals surface area contributed by atoms with Gasteiger partial charge in [0.25, 0.3) is 0 Å². The SMILES string of the molecule is CCCCOC(=O)CCC.[H-].[Li+]. The molecular formula is C8H17LiO2. The molecule has 0 radical (unpaired) electrons. The summed E-state index contributed by atoms with van der Waals surface area (Å²) in [6.45, 7) is 4.64. The number of rotatable bonds is 5. The standard InChI is InChI=1S/C8H16O2.Li.H/c1-3-5-7-10-8(9)6-4-2;;/h3-7H2,1-2H3;;/q;+1;-1. The summed E-state index contributed by atoms with van der Waals surface area (Å²) in [6, 6.07) is 0. The van der Waals surface area contributed by atoms with Crippen LogP contribution in [0.25, 0.3) is 0 Å². The molecule has 0 atom stereocenters. The molecule has 0 aliphatic heterocycles. The van der Waals surface area contributed by atoms with Gasteiger partial charge in [0, 0.05) is 6.42 Å². The van der Waals surface area contributed by atoms with Gasteiger partial charge in [-0.3, -0.25) is 4.79 Å². The molecule has 0 spiro atoms. The fourth-order valence-corrected chi connectivity index (χ4v) is 0.607. The van der Waals surface area contributed by atoms with Gasteiger partial charge in [0.05, 0.1) is 6.61 Å². The number of carbonyl (C=O) groups is 1. The van der Waals surface area contributed by atoms with Gasteiger partial charge in [-0.05, 0) is 12.8 Å². The Labute approximate surface area is 82.4 Å². The minimum absolute atomic E-state index is 0. The number of unbranched alkanes of at least 4 members (excludes halogenated alkanes) is 1. The van der Waals surface area contributed by atoms with Gasteiger partial charge in [0.1, 0.15) is 0 Å². The fourth-order valence-electron chi connectivity index (χ4n) is 0.607. The van der Waals surface area contributed by atoms with Gasteiger partial charge in [0.15, 0.2) is 0 Å². The third-order valence-corrected chi connectivity index (χ3v) is 1.22. The predicted molar refractivity (Wildman–Crippen MR) is 41.9 cm³/mol. The molecule has 0 aliphatic rings. The van der Waals surface area contributed by atoms with Crippen LogP contribution >= 0.6 is 0 Å². The number of carbonyl (C=O) groups excluding carboxylic acids is 1. The van der Waals surface area contributed by atoms with Crippen molar-refractivity contribution in [1.29, 1.82) is 0 Å². The average Bonchev–Trinajstić information content (AvgIpc) is 1.89. The van der Waals surface area contributed by atoms with Crippen LogP contribution in [-0.2, 0) is 9.53 Å². The molecule has 0 saturated carbocycles. The topological polar surface area (TPSA) is 26.3 Å². The molecule has 2 nitrogen and oxygen atoms in total. The molecule has 0 rings (SSSR count). The van der Waals surface area contributed by atoms with E-state index in [-0.39, 0.29) is 26.3 Å². The van der Waals surface area contributed by atoms with Crippen LogP contribution in [-0.4, -0.2) is 12.6 Å². The maximum absolute atomic E-state index is 10.7. The van der Waals surface area contributed by atoms with E-state index in [0.717, 1.165) is 19.3 Å². The molecule has 0 aromatic heterocycles. The van der Waals surface area contributed by atoms with E-state index in [1.807, 2.05) is 6.92 Å². The van der Waals surface area contributed by atoms with Crippen LogP contribution in [0, 0.1) is 0 Å². The minimum atomic E-state index is -0.0593. The van der Waals surface area contributed by atoms with Gasteiger partial charge in [-0.15, -0.1) is 0 Å². The Bertz CT molecular complexity index is 99.1. The van der Waals surface area contributed by atoms with Crippen LogP contribution in [0.15, 0.2) is 0 Å². The van der Waals surface area contributed by atoms with E-state index in [2.05, 4.69) is 6.92 Å². The van der Waals surface area contributed by atoms with Crippen molar-refractivity contribution in [2.24, 2.45) is 0 Å². The van der Waals surface area contributed by atoms with Gasteiger partial charge in [-0.2, -0.15) is 0 Å². The Balaban J connectivity index is -0.000000405. The Morgan fingerprint density at radius 1 is 1.36 bits per heavy atom. The quantitative estimate of drug-likeness (QED) is 0.294. The zero-order valence-corrected chi connectivity index (χ0v) is 7.85. The first-order valence-electron chi connectivity index (χ1n) is 3.96. The number of hydrogen-bond acceptors (Lipinski definition) is 2. The van der Waals surface area contributed by atoms with Gasteiger partial charge >= 0.3 is 24.8 Å². The van der Waals surface area contributed by atoms with E-state index in [1.54, 1.807) is 0 Å². The third-order valence-electron chi connectivity index (χ3n) is 1.22. The second kappa shape index (κ2) is 10.1. The summed E-state index contributed by atoms with van der Waals surface area (Å²) in [5.74, 6) is -0.0593. The van der Waals surface area contributed by atoms with Crippen molar-refractivity contribution in [2.75, 3.05) is 6.61 Å². The number of hydrogen-bond donors (Lipinski definition) is 0. The van der Waals surface area contributed by atoms with Crippen LogP contribution in [0.4, 0.5) is 0 Å². The predicted octanol–water partition coefficient (Wildman–Crippen LogP) is -0.754. The monoisotopic (exact) mass is 152 g/mol. The number of ether oxygens (including phenoxy) is 1. The third kappa shape index (κ3) is 10.1. The molecule has 0 bridgehead atoms. The molecule has 11 heavy (non-hydrogen) atoms. The summed E-state index contributed by atoms with van der Waals surface area (Å²) >= 11 is 0. The van der Waals surface area contributed by atoms with Crippen LogP contribution in [0.5, 0.6) is 0 Å². The molecule has 0 amide bonds. The molecule has 0 aromatic rings. The molecule has 0 N–H and O–H groups in total. The molecule has 62 valence electrons. The van der Waals surface area contributed by atoms with Crippen molar-refractivity contribution in [3.05, 3.63) is 0 Å². The molecule has 0 saturated heterocycles. The second-order valence-corrected chi connectivity index (χ2v) is 2.32. The van der Waals surface area contributed by atoms with Crippen molar-refractivity contribution in [3.63, 3.8) is 0 Å². The summed E-state index contributed by atoms with van der Waals surface area (Å²) < 4.78 is 4.88. The molecule has 0 aromatic carbocycles. The van der Waals surface area contributed by atoms with Crippen molar-refractivity contribution >= 4 is 5.97 Å². The summed E-state index contributed by atoms with van der Waals surface area (Å²) in [5, 5.41) is 0. The first kappa shape index (κ1) is 13.6. The maximum atomic E-state index is 10.7. The fraction of sp³-hybridized carbons (Fsp3) is 0.875. The van der Waals surface area contributed by atoms with Crippen molar-refractivity contribution in [2.45, 2.75) is 39.5 Å². The van der Waals surface area contributed by atoms with Crippen LogP contribution in [0.3, 0.4) is 0 Å². The molecule has 3 heteroatoms. The molecule has 0 fully saturated rings. The Hall–Kier alpha value is 0.0674. The summed E-state index contributed by atoms with van der Waals surface area (Å²) in [7, 11) is 0. The van der Waals surface area contributed by atoms with E-state index in [9.17, 15) is 4.79 Å². The summed E-state index contributed by atoms with van der Waals surface area (Å²) in [6.07, 6.45) is 3.50. The van der Waals surface area contributed by atoms with E-state index in [1.165, 1.54) is 0 Å². The van der Waals surface area contributed by atoms with Gasteiger partial charge in [-0.25, -0.2) is 0 Å². The van der Waals surface area contributed by atoms with Crippen LogP contribution in [0.2, 0.25) is 0 Å². The first-order chi connectivity index (χ1) is 4.81. The summed E-state index contributed by atoms with van der Waals surface area (Å²) in [4.78, 5) is 10.7. The Morgan fingerprint density at radius 3 is 2.45 bits per heavy atom. The van der Waals surface area contributed by atoms with E-state index >= 15 is 0 Å². The minimum Gasteiger partial charge on any atom is -1.00 e. The largest absolute Gasteiger partial charge is 1.00 e. The van der Waals surface area contributed by atoms with E-state index in [0.29, 0.717) is 13.0 Å². The van der Waals surface area contributed by atoms with E-state index < -0.39 is 0 Å². The van der Waals surface area contributed by atoms with Crippen molar-refractivity contribution in [1.82, 2.24) is 0 Å². The maximum Gasteiger partial charge on any atom is 1.00 e. The van der Waals surface area contributed by atoms with Crippen molar-refractivity contribution in [3.8, 4) is 0 Å². The van der Waals surface area contributed by atoms with E-state index in [4.69, 9.17) is 4.74 Å². The zero-order chi connectivity index (χ0) is 7.82. The van der Waals surface area contributed by atoms with Gasteiger partial charge in [0.2, 0.25) is 0 Å². The first-order valence-corrected chi connectivity index (χ1v) is 3.96. The zero-order valence-electron chi connectivity index (χ0n) is 8.85. The normalized spacial score (nSPS) is 8.55. The molecule has 0 unspecified atom stereocenters. The van der Waals surface area contributed by atoms with Crippen molar-refractivity contribution < 1.29 is 29.8 Å². The van der Waals surface area contributed by atoms with Gasteiger partial charge in [-0.1, -0.05) is 20.3 Å².